The highest BCUT2D eigenvalue weighted by Gasteiger charge is 2.10. The van der Waals surface area contributed by atoms with E-state index >= 15 is 0 Å². The third-order valence-electron chi connectivity index (χ3n) is 2.89. The summed E-state index contributed by atoms with van der Waals surface area (Å²) in [5.41, 5.74) is 2.12. The van der Waals surface area contributed by atoms with E-state index in [2.05, 4.69) is 32.3 Å². The predicted octanol–water partition coefficient (Wildman–Crippen LogP) is 3.79. The fourth-order valence-electron chi connectivity index (χ4n) is 1.75. The highest BCUT2D eigenvalue weighted by Crippen LogP contribution is 2.28. The molecule has 0 aliphatic rings. The van der Waals surface area contributed by atoms with Crippen molar-refractivity contribution in [3.05, 3.63) is 48.4 Å². The van der Waals surface area contributed by atoms with Crippen LogP contribution in [0.5, 0.6) is 0 Å². The number of hydrogen-bond acceptors (Lipinski definition) is 8. The lowest BCUT2D eigenvalue weighted by Crippen LogP contribution is -1.96. The molecule has 0 spiro atoms. The maximum Gasteiger partial charge on any atom is 0.247 e. The normalized spacial score (nSPS) is 10.7. The molecule has 23 heavy (non-hydrogen) atoms. The van der Waals surface area contributed by atoms with Crippen molar-refractivity contribution in [2.75, 3.05) is 11.9 Å². The molecular weight excluding hydrogens is 330 g/mol. The largest absolute Gasteiger partial charge is 0.420 e. The van der Waals surface area contributed by atoms with Crippen molar-refractivity contribution in [2.45, 2.75) is 17.0 Å². The number of aryl methyl sites for hydroxylation is 1. The average Bonchev–Trinajstić information content (AvgIpc) is 3.21. The lowest BCUT2D eigenvalue weighted by atomic mass is 10.1. The van der Waals surface area contributed by atoms with Crippen LogP contribution in [0.15, 0.2) is 45.7 Å². The number of hydrogen-bond donors (Lipinski definition) is 1. The number of aromatic nitrogens is 4. The number of thioether (sulfide) groups is 1. The van der Waals surface area contributed by atoms with Gasteiger partial charge in [0.2, 0.25) is 16.9 Å². The van der Waals surface area contributed by atoms with Gasteiger partial charge < -0.3 is 9.73 Å². The van der Waals surface area contributed by atoms with Gasteiger partial charge in [0.25, 0.3) is 0 Å². The van der Waals surface area contributed by atoms with Crippen LogP contribution in [0.3, 0.4) is 0 Å². The molecule has 118 valence electrons. The standard InChI is InChI=1S/C15H15N5OS2/c1-3-8-16-14-19-20-15(23-14)22-9-12-17-18-13(21-12)11-6-4-10(2)5-7-11/h3-7H,1,8-9H2,2H3,(H,16,19). The minimum absolute atomic E-state index is 0.534. The Hall–Kier alpha value is -2.19. The van der Waals surface area contributed by atoms with Gasteiger partial charge in [0.15, 0.2) is 4.34 Å². The fourth-order valence-corrected chi connectivity index (χ4v) is 3.34. The summed E-state index contributed by atoms with van der Waals surface area (Å²) in [6, 6.07) is 7.99. The Morgan fingerprint density at radius 3 is 2.83 bits per heavy atom. The van der Waals surface area contributed by atoms with Crippen LogP contribution in [0.25, 0.3) is 11.5 Å². The van der Waals surface area contributed by atoms with Crippen molar-refractivity contribution in [1.29, 1.82) is 0 Å². The highest BCUT2D eigenvalue weighted by molar-refractivity contribution is 8.00. The summed E-state index contributed by atoms with van der Waals surface area (Å²) in [5.74, 6) is 1.67. The smallest absolute Gasteiger partial charge is 0.247 e. The summed E-state index contributed by atoms with van der Waals surface area (Å²) in [4.78, 5) is 0. The molecule has 2 aromatic heterocycles. The second-order valence-corrected chi connectivity index (χ2v) is 6.90. The van der Waals surface area contributed by atoms with Gasteiger partial charge in [-0.15, -0.1) is 27.0 Å². The predicted molar refractivity (Wildman–Crippen MR) is 92.6 cm³/mol. The molecule has 0 aliphatic heterocycles. The van der Waals surface area contributed by atoms with E-state index in [4.69, 9.17) is 4.42 Å². The first kappa shape index (κ1) is 15.7. The van der Waals surface area contributed by atoms with E-state index in [1.807, 2.05) is 31.2 Å². The van der Waals surface area contributed by atoms with E-state index in [1.165, 1.54) is 28.7 Å². The zero-order valence-electron chi connectivity index (χ0n) is 12.5. The molecule has 3 aromatic rings. The van der Waals surface area contributed by atoms with Crippen molar-refractivity contribution >= 4 is 28.2 Å². The lowest BCUT2D eigenvalue weighted by Gasteiger charge is -1.95. The molecular formula is C15H15N5OS2. The second kappa shape index (κ2) is 7.38. The second-order valence-electron chi connectivity index (χ2n) is 4.70. The Labute approximate surface area is 142 Å². The minimum atomic E-state index is 0.534. The van der Waals surface area contributed by atoms with Crippen LogP contribution in [0, 0.1) is 6.92 Å². The van der Waals surface area contributed by atoms with Gasteiger partial charge in [-0.25, -0.2) is 0 Å². The molecule has 0 fully saturated rings. The summed E-state index contributed by atoms with van der Waals surface area (Å²) < 4.78 is 6.54. The number of nitrogens with zero attached hydrogens (tertiary/aromatic N) is 4. The Morgan fingerprint density at radius 2 is 2.04 bits per heavy atom. The molecule has 0 aliphatic carbocycles. The molecule has 0 radical (unpaired) electrons. The van der Waals surface area contributed by atoms with Crippen molar-refractivity contribution in [3.63, 3.8) is 0 Å². The van der Waals surface area contributed by atoms with Gasteiger partial charge in [0.1, 0.15) is 0 Å². The van der Waals surface area contributed by atoms with E-state index in [-0.39, 0.29) is 0 Å². The summed E-state index contributed by atoms with van der Waals surface area (Å²) in [6.45, 7) is 6.36. The number of benzene rings is 1. The Kier molecular flexibility index (Phi) is 5.04. The van der Waals surface area contributed by atoms with E-state index < -0.39 is 0 Å². The first-order valence-corrected chi connectivity index (χ1v) is 8.75. The third-order valence-corrected chi connectivity index (χ3v) is 4.89. The van der Waals surface area contributed by atoms with Gasteiger partial charge in [0.05, 0.1) is 5.75 Å². The van der Waals surface area contributed by atoms with Gasteiger partial charge in [-0.3, -0.25) is 0 Å². The molecule has 0 saturated heterocycles. The average molecular weight is 345 g/mol. The van der Waals surface area contributed by atoms with Crippen LogP contribution in [0.2, 0.25) is 0 Å². The molecule has 0 unspecified atom stereocenters. The Bertz CT molecular complexity index is 781. The van der Waals surface area contributed by atoms with E-state index in [1.54, 1.807) is 6.08 Å². The molecule has 1 aromatic carbocycles. The van der Waals surface area contributed by atoms with Crippen LogP contribution < -0.4 is 5.32 Å². The lowest BCUT2D eigenvalue weighted by molar-refractivity contribution is 0.528. The van der Waals surface area contributed by atoms with Gasteiger partial charge in [-0.2, -0.15) is 0 Å². The van der Waals surface area contributed by atoms with Crippen molar-refractivity contribution in [1.82, 2.24) is 20.4 Å². The van der Waals surface area contributed by atoms with Crippen molar-refractivity contribution in [3.8, 4) is 11.5 Å². The molecule has 0 saturated carbocycles. The maximum absolute atomic E-state index is 5.69. The first-order chi connectivity index (χ1) is 11.2. The van der Waals surface area contributed by atoms with E-state index in [0.29, 0.717) is 24.1 Å². The van der Waals surface area contributed by atoms with E-state index in [0.717, 1.165) is 15.0 Å². The Balaban J connectivity index is 1.59. The van der Waals surface area contributed by atoms with Crippen LogP contribution in [-0.2, 0) is 5.75 Å². The first-order valence-electron chi connectivity index (χ1n) is 6.95. The van der Waals surface area contributed by atoms with Crippen molar-refractivity contribution < 1.29 is 4.42 Å². The number of nitrogens with one attached hydrogen (secondary N) is 1. The summed E-state index contributed by atoms with van der Waals surface area (Å²) in [5, 5.41) is 20.2. The fraction of sp³-hybridized carbons (Fsp3) is 0.200. The van der Waals surface area contributed by atoms with Gasteiger partial charge in [0, 0.05) is 12.1 Å². The van der Waals surface area contributed by atoms with Gasteiger partial charge in [-0.05, 0) is 19.1 Å². The monoisotopic (exact) mass is 345 g/mol. The van der Waals surface area contributed by atoms with Gasteiger partial charge >= 0.3 is 0 Å². The molecule has 0 amide bonds. The summed E-state index contributed by atoms with van der Waals surface area (Å²) in [6.07, 6.45) is 1.78. The molecule has 0 atom stereocenters. The van der Waals surface area contributed by atoms with Crippen LogP contribution in [0.4, 0.5) is 5.13 Å². The van der Waals surface area contributed by atoms with Gasteiger partial charge in [-0.1, -0.05) is 46.9 Å². The molecule has 0 bridgehead atoms. The maximum atomic E-state index is 5.69. The molecule has 8 heteroatoms. The molecule has 1 N–H and O–H groups in total. The third kappa shape index (κ3) is 4.17. The van der Waals surface area contributed by atoms with Crippen LogP contribution >= 0.6 is 23.1 Å². The zero-order chi connectivity index (χ0) is 16.1. The molecule has 3 rings (SSSR count). The van der Waals surface area contributed by atoms with Crippen molar-refractivity contribution in [2.24, 2.45) is 0 Å². The Morgan fingerprint density at radius 1 is 1.22 bits per heavy atom. The highest BCUT2D eigenvalue weighted by atomic mass is 32.2. The summed E-state index contributed by atoms with van der Waals surface area (Å²) in [7, 11) is 0. The topological polar surface area (TPSA) is 76.7 Å². The van der Waals surface area contributed by atoms with E-state index in [9.17, 15) is 0 Å². The minimum Gasteiger partial charge on any atom is -0.420 e. The zero-order valence-corrected chi connectivity index (χ0v) is 14.2. The van der Waals surface area contributed by atoms with Crippen LogP contribution in [0.1, 0.15) is 11.5 Å². The van der Waals surface area contributed by atoms with Crippen LogP contribution in [-0.4, -0.2) is 26.9 Å². The number of anilines is 1. The molecule has 2 heterocycles. The summed E-state index contributed by atoms with van der Waals surface area (Å²) >= 11 is 3.01. The molecule has 6 nitrogen and oxygen atoms in total. The SMILES string of the molecule is C=CCNc1nnc(SCc2nnc(-c3ccc(C)cc3)o2)s1. The quantitative estimate of drug-likeness (QED) is 0.515. The number of rotatable bonds is 7.